The first-order valence-electron chi connectivity index (χ1n) is 10.9. The first-order chi connectivity index (χ1) is 14.6. The van der Waals surface area contributed by atoms with Gasteiger partial charge in [-0.25, -0.2) is 0 Å². The van der Waals surface area contributed by atoms with Crippen LogP contribution >= 0.6 is 0 Å². The molecule has 3 saturated heterocycles. The van der Waals surface area contributed by atoms with Crippen LogP contribution in [0.15, 0.2) is 28.0 Å². The van der Waals surface area contributed by atoms with E-state index in [9.17, 15) is 9.59 Å². The number of likely N-dealkylation sites (N-methyl/N-ethyl adjacent to an activating group) is 1. The lowest BCUT2D eigenvalue weighted by Gasteiger charge is -2.38. The van der Waals surface area contributed by atoms with Crippen LogP contribution in [-0.4, -0.2) is 103 Å². The maximum absolute atomic E-state index is 12.9. The summed E-state index contributed by atoms with van der Waals surface area (Å²) in [5.74, 6) is 1.69. The zero-order valence-corrected chi connectivity index (χ0v) is 17.4. The summed E-state index contributed by atoms with van der Waals surface area (Å²) >= 11 is 0. The van der Waals surface area contributed by atoms with Crippen molar-refractivity contribution in [3.63, 3.8) is 0 Å². The molecular formula is C21H29N5O4. The zero-order valence-electron chi connectivity index (χ0n) is 17.4. The van der Waals surface area contributed by atoms with Crippen LogP contribution < -0.4 is 0 Å². The summed E-state index contributed by atoms with van der Waals surface area (Å²) in [6, 6.07) is 3.41. The molecule has 2 unspecified atom stereocenters. The van der Waals surface area contributed by atoms with E-state index in [4.69, 9.17) is 9.25 Å². The summed E-state index contributed by atoms with van der Waals surface area (Å²) in [7, 11) is 2.10. The van der Waals surface area contributed by atoms with Gasteiger partial charge in [0, 0.05) is 51.7 Å². The third-order valence-electron chi connectivity index (χ3n) is 6.88. The van der Waals surface area contributed by atoms with E-state index < -0.39 is 0 Å². The van der Waals surface area contributed by atoms with Crippen molar-refractivity contribution in [2.24, 2.45) is 17.0 Å². The lowest BCUT2D eigenvalue weighted by atomic mass is 9.93. The summed E-state index contributed by atoms with van der Waals surface area (Å²) in [5.41, 5.74) is 0. The molecule has 2 atom stereocenters. The van der Waals surface area contributed by atoms with Crippen LogP contribution in [0.25, 0.3) is 0 Å². The van der Waals surface area contributed by atoms with Crippen molar-refractivity contribution in [1.29, 1.82) is 0 Å². The van der Waals surface area contributed by atoms with Crippen molar-refractivity contribution in [1.82, 2.24) is 19.6 Å². The number of fused-ring (bicyclic) bond motifs is 1. The second-order valence-corrected chi connectivity index (χ2v) is 8.78. The average molecular weight is 415 g/mol. The molecule has 30 heavy (non-hydrogen) atoms. The quantitative estimate of drug-likeness (QED) is 0.702. The fraction of sp³-hybridized carbons (Fsp3) is 0.667. The van der Waals surface area contributed by atoms with E-state index in [0.29, 0.717) is 24.8 Å². The topological polar surface area (TPSA) is 81.8 Å². The normalized spacial score (nSPS) is 27.8. The average Bonchev–Trinajstić information content (AvgIpc) is 3.51. The Hall–Kier alpha value is -2.55. The van der Waals surface area contributed by atoms with Gasteiger partial charge in [0.2, 0.25) is 5.91 Å². The number of likely N-dealkylation sites (tertiary alicyclic amines) is 2. The molecule has 162 valence electrons. The number of piperidine rings is 1. The Balaban J connectivity index is 1.15. The number of hydrogen-bond acceptors (Lipinski definition) is 7. The highest BCUT2D eigenvalue weighted by Crippen LogP contribution is 2.32. The predicted octanol–water partition coefficient (Wildman–Crippen LogP) is 0.550. The molecule has 4 aliphatic rings. The second-order valence-electron chi connectivity index (χ2n) is 8.78. The van der Waals surface area contributed by atoms with Gasteiger partial charge >= 0.3 is 0 Å². The molecule has 0 spiro atoms. The Morgan fingerprint density at radius 1 is 1.03 bits per heavy atom. The van der Waals surface area contributed by atoms with Crippen LogP contribution in [0.1, 0.15) is 23.4 Å². The standard InChI is InChI=1S/C21H29N5O4/c1-23-8-10-25(11-9-23)20(27)15-4-6-24(7-5-15)19-16-13-26(14-18(16)30-22-19)21(28)17-3-2-12-29-17/h2-3,12,15-16,18H,4-11,13-14H2,1H3. The Kier molecular flexibility index (Phi) is 5.14. The van der Waals surface area contributed by atoms with Gasteiger partial charge in [-0.1, -0.05) is 5.16 Å². The van der Waals surface area contributed by atoms with Gasteiger partial charge in [-0.3, -0.25) is 9.59 Å². The number of furan rings is 1. The molecule has 0 N–H and O–H groups in total. The molecule has 5 rings (SSSR count). The summed E-state index contributed by atoms with van der Waals surface area (Å²) in [6.07, 6.45) is 3.11. The fourth-order valence-electron chi connectivity index (χ4n) is 4.97. The lowest BCUT2D eigenvalue weighted by Crippen LogP contribution is -2.51. The highest BCUT2D eigenvalue weighted by molar-refractivity contribution is 5.93. The molecule has 0 aliphatic carbocycles. The molecule has 0 radical (unpaired) electrons. The van der Waals surface area contributed by atoms with Crippen LogP contribution in [0.4, 0.5) is 0 Å². The Bertz CT molecular complexity index is 809. The summed E-state index contributed by atoms with van der Waals surface area (Å²) in [6.45, 7) is 6.30. The minimum Gasteiger partial charge on any atom is -0.459 e. The Labute approximate surface area is 176 Å². The van der Waals surface area contributed by atoms with E-state index >= 15 is 0 Å². The van der Waals surface area contributed by atoms with Crippen LogP contribution in [0.2, 0.25) is 0 Å². The van der Waals surface area contributed by atoms with Crippen LogP contribution in [0, 0.1) is 11.8 Å². The maximum atomic E-state index is 12.9. The number of rotatable bonds is 2. The van der Waals surface area contributed by atoms with E-state index in [0.717, 1.165) is 57.9 Å². The van der Waals surface area contributed by atoms with Crippen LogP contribution in [0.3, 0.4) is 0 Å². The molecule has 0 bridgehead atoms. The molecule has 3 fully saturated rings. The SMILES string of the molecule is CN1CCN(C(=O)C2CCN(C3=NOC4CN(C(=O)c5ccco5)CC34)CC2)CC1. The summed E-state index contributed by atoms with van der Waals surface area (Å²) in [4.78, 5) is 39.5. The van der Waals surface area contributed by atoms with E-state index in [1.165, 1.54) is 6.26 Å². The third-order valence-corrected chi connectivity index (χ3v) is 6.88. The highest BCUT2D eigenvalue weighted by Gasteiger charge is 2.47. The summed E-state index contributed by atoms with van der Waals surface area (Å²) in [5, 5.41) is 4.35. The van der Waals surface area contributed by atoms with E-state index in [1.807, 2.05) is 4.90 Å². The Morgan fingerprint density at radius 3 is 2.50 bits per heavy atom. The number of carbonyl (C=O) groups is 2. The van der Waals surface area contributed by atoms with E-state index in [2.05, 4.69) is 22.0 Å². The maximum Gasteiger partial charge on any atom is 0.289 e. The number of nitrogens with zero attached hydrogens (tertiary/aromatic N) is 5. The number of carbonyl (C=O) groups excluding carboxylic acids is 2. The van der Waals surface area contributed by atoms with Gasteiger partial charge in [0.25, 0.3) is 5.91 Å². The van der Waals surface area contributed by atoms with Gasteiger partial charge in [0.05, 0.1) is 18.7 Å². The second kappa shape index (κ2) is 7.94. The van der Waals surface area contributed by atoms with Gasteiger partial charge in [-0.2, -0.15) is 0 Å². The largest absolute Gasteiger partial charge is 0.459 e. The minimum absolute atomic E-state index is 0.0915. The molecule has 4 aliphatic heterocycles. The van der Waals surface area contributed by atoms with Gasteiger partial charge in [0.15, 0.2) is 17.7 Å². The number of amidine groups is 1. The van der Waals surface area contributed by atoms with Crippen molar-refractivity contribution in [2.75, 3.05) is 59.4 Å². The smallest absolute Gasteiger partial charge is 0.289 e. The van der Waals surface area contributed by atoms with Crippen molar-refractivity contribution in [3.05, 3.63) is 24.2 Å². The van der Waals surface area contributed by atoms with Gasteiger partial charge in [0.1, 0.15) is 0 Å². The molecule has 1 aromatic heterocycles. The third kappa shape index (κ3) is 3.55. The summed E-state index contributed by atoms with van der Waals surface area (Å²) < 4.78 is 5.25. The van der Waals surface area contributed by atoms with Gasteiger partial charge in [-0.15, -0.1) is 0 Å². The lowest BCUT2D eigenvalue weighted by molar-refractivity contribution is -0.138. The monoisotopic (exact) mass is 415 g/mol. The molecule has 5 heterocycles. The van der Waals surface area contributed by atoms with E-state index in [-0.39, 0.29) is 23.8 Å². The molecule has 9 nitrogen and oxygen atoms in total. The minimum atomic E-state index is -0.103. The molecule has 9 heteroatoms. The van der Waals surface area contributed by atoms with Crippen LogP contribution in [0.5, 0.6) is 0 Å². The van der Waals surface area contributed by atoms with Crippen molar-refractivity contribution >= 4 is 17.6 Å². The molecule has 1 aromatic rings. The molecule has 2 amide bonds. The first kappa shape index (κ1) is 19.4. The van der Waals surface area contributed by atoms with Crippen LogP contribution in [-0.2, 0) is 9.63 Å². The Morgan fingerprint density at radius 2 is 1.80 bits per heavy atom. The van der Waals surface area contributed by atoms with Crippen molar-refractivity contribution in [3.8, 4) is 0 Å². The number of piperazine rings is 1. The number of oxime groups is 1. The zero-order chi connectivity index (χ0) is 20.7. The first-order valence-corrected chi connectivity index (χ1v) is 10.9. The van der Waals surface area contributed by atoms with Crippen molar-refractivity contribution in [2.45, 2.75) is 18.9 Å². The van der Waals surface area contributed by atoms with E-state index in [1.54, 1.807) is 17.0 Å². The fourth-order valence-corrected chi connectivity index (χ4v) is 4.97. The molecule has 0 aromatic carbocycles. The predicted molar refractivity (Wildman–Crippen MR) is 109 cm³/mol. The number of hydrogen-bond donors (Lipinski definition) is 0. The highest BCUT2D eigenvalue weighted by atomic mass is 16.6. The van der Waals surface area contributed by atoms with Gasteiger partial charge < -0.3 is 28.9 Å². The molecular weight excluding hydrogens is 386 g/mol. The van der Waals surface area contributed by atoms with Crippen molar-refractivity contribution < 1.29 is 18.8 Å². The van der Waals surface area contributed by atoms with Gasteiger partial charge in [-0.05, 0) is 32.0 Å². The molecule has 0 saturated carbocycles. The number of amides is 2.